The number of aliphatic hydroxyl groups is 1. The topological polar surface area (TPSA) is 76.1 Å². The van der Waals surface area contributed by atoms with Crippen LogP contribution in [-0.2, 0) is 4.79 Å². The van der Waals surface area contributed by atoms with E-state index in [1.54, 1.807) is 31.4 Å². The first-order chi connectivity index (χ1) is 20.4. The van der Waals surface area contributed by atoms with Gasteiger partial charge in [0.25, 0.3) is 0 Å². The highest BCUT2D eigenvalue weighted by Gasteiger charge is 2.50. The number of likely N-dealkylation sites (tertiary alicyclic amines) is 1. The van der Waals surface area contributed by atoms with Gasteiger partial charge in [-0.05, 0) is 99.7 Å². The van der Waals surface area contributed by atoms with E-state index in [0.717, 1.165) is 68.1 Å². The molecule has 2 aliphatic rings. The van der Waals surface area contributed by atoms with E-state index in [-0.39, 0.29) is 17.5 Å². The number of nitrogens with zero attached hydrogens (tertiary/aromatic N) is 1. The summed E-state index contributed by atoms with van der Waals surface area (Å²) < 4.78 is 11.0. The third-order valence-corrected chi connectivity index (χ3v) is 9.21. The number of halogens is 1. The van der Waals surface area contributed by atoms with Crippen molar-refractivity contribution in [3.8, 4) is 11.5 Å². The molecule has 4 rings (SSSR count). The van der Waals surface area contributed by atoms with Crippen LogP contribution in [0.25, 0.3) is 0 Å². The summed E-state index contributed by atoms with van der Waals surface area (Å²) in [5.41, 5.74) is 1.53. The zero-order valence-electron chi connectivity index (χ0n) is 25.3. The maximum absolute atomic E-state index is 13.1. The Hall–Kier alpha value is -2.41. The first kappa shape index (κ1) is 32.5. The fourth-order valence-corrected chi connectivity index (χ4v) is 6.54. The third-order valence-electron chi connectivity index (χ3n) is 8.94. The Bertz CT molecular complexity index is 1120. The standard InChI is InChI=1S/C35H48ClNO5/c1-25-21-28-23-33(28)37(25)24-29(35(40)27-13-17-32(18-14-27)42-20-8-4-7-19-36)22-30(38)9-5-3-6-10-34(39)26-11-15-31(41-2)16-12-26/h11-18,25,28-29,33,35,40H,3-10,19-24H2,1-2H3. The molecule has 0 bridgehead atoms. The fourth-order valence-electron chi connectivity index (χ4n) is 6.35. The van der Waals surface area contributed by atoms with Crippen molar-refractivity contribution < 1.29 is 24.2 Å². The zero-order valence-corrected chi connectivity index (χ0v) is 26.1. The van der Waals surface area contributed by atoms with Crippen molar-refractivity contribution in [1.29, 1.82) is 0 Å². The zero-order chi connectivity index (χ0) is 29.9. The van der Waals surface area contributed by atoms with Crippen LogP contribution < -0.4 is 9.47 Å². The van der Waals surface area contributed by atoms with Crippen LogP contribution in [0.15, 0.2) is 48.5 Å². The first-order valence-corrected chi connectivity index (χ1v) is 16.3. The quantitative estimate of drug-likeness (QED) is 0.0973. The molecule has 1 saturated carbocycles. The van der Waals surface area contributed by atoms with E-state index in [2.05, 4.69) is 11.8 Å². The molecule has 0 spiro atoms. The van der Waals surface area contributed by atoms with Gasteiger partial charge in [0, 0.05) is 55.3 Å². The summed E-state index contributed by atoms with van der Waals surface area (Å²) in [6, 6.07) is 16.0. The van der Waals surface area contributed by atoms with E-state index >= 15 is 0 Å². The van der Waals surface area contributed by atoms with Crippen LogP contribution in [0.2, 0.25) is 0 Å². The van der Waals surface area contributed by atoms with E-state index in [4.69, 9.17) is 21.1 Å². The molecule has 0 aromatic heterocycles. The number of ketones is 2. The normalized spacial score (nSPS) is 21.0. The Labute approximate surface area is 256 Å². The van der Waals surface area contributed by atoms with Gasteiger partial charge < -0.3 is 14.6 Å². The lowest BCUT2D eigenvalue weighted by Crippen LogP contribution is -2.38. The van der Waals surface area contributed by atoms with Gasteiger partial charge in [0.15, 0.2) is 5.78 Å². The van der Waals surface area contributed by atoms with Gasteiger partial charge in [0.05, 0.1) is 19.8 Å². The number of aliphatic hydroxyl groups excluding tert-OH is 1. The summed E-state index contributed by atoms with van der Waals surface area (Å²) in [5.74, 6) is 3.15. The monoisotopic (exact) mass is 597 g/mol. The molecule has 42 heavy (non-hydrogen) atoms. The number of carbonyl (C=O) groups excluding carboxylic acids is 2. The molecule has 1 aliphatic carbocycles. The largest absolute Gasteiger partial charge is 0.497 e. The minimum Gasteiger partial charge on any atom is -0.497 e. The van der Waals surface area contributed by atoms with Gasteiger partial charge in [0.2, 0.25) is 0 Å². The minimum absolute atomic E-state index is 0.119. The Balaban J connectivity index is 1.25. The highest BCUT2D eigenvalue weighted by atomic mass is 35.5. The summed E-state index contributed by atoms with van der Waals surface area (Å²) in [6.07, 6.45) is 8.45. The maximum atomic E-state index is 13.1. The minimum atomic E-state index is -0.709. The van der Waals surface area contributed by atoms with Crippen LogP contribution >= 0.6 is 11.6 Å². The molecule has 6 nitrogen and oxygen atoms in total. The molecular weight excluding hydrogens is 550 g/mol. The Morgan fingerprint density at radius 2 is 1.62 bits per heavy atom. The molecule has 2 fully saturated rings. The van der Waals surface area contributed by atoms with Crippen molar-refractivity contribution in [2.45, 2.75) is 95.7 Å². The Morgan fingerprint density at radius 1 is 0.929 bits per heavy atom. The van der Waals surface area contributed by atoms with E-state index in [1.165, 1.54) is 12.8 Å². The van der Waals surface area contributed by atoms with Crippen LogP contribution in [-0.4, -0.2) is 59.8 Å². The van der Waals surface area contributed by atoms with Crippen molar-refractivity contribution in [1.82, 2.24) is 4.90 Å². The van der Waals surface area contributed by atoms with Gasteiger partial charge in [-0.15, -0.1) is 11.6 Å². The fraction of sp³-hybridized carbons (Fsp3) is 0.600. The van der Waals surface area contributed by atoms with Gasteiger partial charge in [-0.3, -0.25) is 14.5 Å². The average Bonchev–Trinajstić information content (AvgIpc) is 3.70. The van der Waals surface area contributed by atoms with Crippen molar-refractivity contribution in [2.75, 3.05) is 26.1 Å². The van der Waals surface area contributed by atoms with Crippen LogP contribution in [0.4, 0.5) is 0 Å². The molecule has 230 valence electrons. The highest BCUT2D eigenvalue weighted by Crippen LogP contribution is 2.48. The van der Waals surface area contributed by atoms with E-state index in [1.807, 2.05) is 24.3 Å². The molecule has 1 heterocycles. The average molecular weight is 598 g/mol. The number of benzene rings is 2. The molecule has 2 aromatic rings. The van der Waals surface area contributed by atoms with Gasteiger partial charge in [-0.2, -0.15) is 0 Å². The molecule has 5 atom stereocenters. The predicted octanol–water partition coefficient (Wildman–Crippen LogP) is 7.41. The second kappa shape index (κ2) is 16.4. The molecule has 1 N–H and O–H groups in total. The van der Waals surface area contributed by atoms with Crippen molar-refractivity contribution in [3.05, 3.63) is 59.7 Å². The Kier molecular flexibility index (Phi) is 12.7. The SMILES string of the molecule is COc1ccc(C(=O)CCCCCC(=O)CC(CN2C(C)CC3CC32)C(O)c2ccc(OCCCCCCl)cc2)cc1. The number of piperidine rings is 1. The van der Waals surface area contributed by atoms with Crippen LogP contribution in [0, 0.1) is 11.8 Å². The summed E-state index contributed by atoms with van der Waals surface area (Å²) >= 11 is 5.74. The predicted molar refractivity (Wildman–Crippen MR) is 168 cm³/mol. The molecular formula is C35H48ClNO5. The highest BCUT2D eigenvalue weighted by molar-refractivity contribution is 6.17. The van der Waals surface area contributed by atoms with Crippen LogP contribution in [0.1, 0.15) is 99.6 Å². The number of alkyl halides is 1. The Morgan fingerprint density at radius 3 is 2.29 bits per heavy atom. The number of carbonyl (C=O) groups is 2. The molecule has 2 aromatic carbocycles. The summed E-state index contributed by atoms with van der Waals surface area (Å²) in [5, 5.41) is 11.5. The second-order valence-corrected chi connectivity index (χ2v) is 12.5. The number of unbranched alkanes of at least 4 members (excludes halogenated alkanes) is 4. The van der Waals surface area contributed by atoms with Gasteiger partial charge in [-0.1, -0.05) is 18.6 Å². The molecule has 1 saturated heterocycles. The van der Waals surface area contributed by atoms with Gasteiger partial charge in [0.1, 0.15) is 17.3 Å². The van der Waals surface area contributed by atoms with E-state index < -0.39 is 6.10 Å². The number of hydrogen-bond donors (Lipinski definition) is 1. The van der Waals surface area contributed by atoms with Gasteiger partial charge >= 0.3 is 0 Å². The van der Waals surface area contributed by atoms with Crippen molar-refractivity contribution in [2.24, 2.45) is 11.8 Å². The number of hydrogen-bond acceptors (Lipinski definition) is 6. The lowest BCUT2D eigenvalue weighted by atomic mass is 9.89. The molecule has 1 aliphatic heterocycles. The summed E-state index contributed by atoms with van der Waals surface area (Å²) in [4.78, 5) is 28.1. The number of Topliss-reactive ketones (excluding diaryl/α,β-unsaturated/α-hetero) is 2. The maximum Gasteiger partial charge on any atom is 0.162 e. The van der Waals surface area contributed by atoms with Gasteiger partial charge in [-0.25, -0.2) is 0 Å². The number of methoxy groups -OCH3 is 1. The van der Waals surface area contributed by atoms with Crippen LogP contribution in [0.3, 0.4) is 0 Å². The van der Waals surface area contributed by atoms with E-state index in [0.29, 0.717) is 49.4 Å². The van der Waals surface area contributed by atoms with Crippen molar-refractivity contribution >= 4 is 23.2 Å². The lowest BCUT2D eigenvalue weighted by Gasteiger charge is -2.32. The number of fused-ring (bicyclic) bond motifs is 1. The summed E-state index contributed by atoms with van der Waals surface area (Å²) in [7, 11) is 1.61. The molecule has 7 heteroatoms. The van der Waals surface area contributed by atoms with Crippen molar-refractivity contribution in [3.63, 3.8) is 0 Å². The molecule has 5 unspecified atom stereocenters. The number of rotatable bonds is 20. The van der Waals surface area contributed by atoms with E-state index in [9.17, 15) is 14.7 Å². The second-order valence-electron chi connectivity index (χ2n) is 12.2. The number of ether oxygens (including phenoxy) is 2. The lowest BCUT2D eigenvalue weighted by molar-refractivity contribution is -0.121. The molecule has 0 radical (unpaired) electrons. The summed E-state index contributed by atoms with van der Waals surface area (Å²) in [6.45, 7) is 3.66. The smallest absolute Gasteiger partial charge is 0.162 e. The van der Waals surface area contributed by atoms with Crippen LogP contribution in [0.5, 0.6) is 11.5 Å². The first-order valence-electron chi connectivity index (χ1n) is 15.8. The molecule has 0 amide bonds. The third kappa shape index (κ3) is 9.55.